The molecule has 2 aliphatic rings. The molecule has 0 bridgehead atoms. The van der Waals surface area contributed by atoms with Crippen LogP contribution in [0.1, 0.15) is 32.4 Å². The van der Waals surface area contributed by atoms with E-state index in [1.165, 1.54) is 6.26 Å². The number of fused-ring (bicyclic) bond motifs is 1. The Morgan fingerprint density at radius 2 is 1.91 bits per heavy atom. The van der Waals surface area contributed by atoms with Crippen molar-refractivity contribution in [2.75, 3.05) is 42.8 Å². The molecule has 2 fully saturated rings. The van der Waals surface area contributed by atoms with Gasteiger partial charge in [0.15, 0.2) is 26.8 Å². The Bertz CT molecular complexity index is 1240. The molecule has 5 rings (SSSR count). The lowest BCUT2D eigenvalue weighted by Crippen LogP contribution is -2.42. The van der Waals surface area contributed by atoms with Crippen molar-refractivity contribution >= 4 is 38.5 Å². The standard InChI is InChI=1S/C22H28N6O4S/c1-15-13-27(10-12-31-15)22-25-20(24-16-6-8-17(9-7-16)33(2,29)30)19-21(26-22)28(14-23-19)18-5-3-4-11-32-18/h6-9,14-15,18H,3-5,10-13H2,1-2H3,(H,24,25,26)/t15-,18?/m1/s1. The van der Waals surface area contributed by atoms with Gasteiger partial charge in [0.2, 0.25) is 5.95 Å². The number of morpholine rings is 1. The van der Waals surface area contributed by atoms with Crippen molar-refractivity contribution in [3.63, 3.8) is 0 Å². The summed E-state index contributed by atoms with van der Waals surface area (Å²) in [5, 5.41) is 3.31. The van der Waals surface area contributed by atoms with Gasteiger partial charge in [-0.3, -0.25) is 4.57 Å². The van der Waals surface area contributed by atoms with Crippen LogP contribution in [-0.2, 0) is 19.3 Å². The minimum atomic E-state index is -3.26. The summed E-state index contributed by atoms with van der Waals surface area (Å²) in [5.74, 6) is 1.17. The molecular formula is C22H28N6O4S. The topological polar surface area (TPSA) is 111 Å². The number of rotatable bonds is 5. The number of benzene rings is 1. The van der Waals surface area contributed by atoms with Crippen LogP contribution >= 0.6 is 0 Å². The monoisotopic (exact) mass is 472 g/mol. The van der Waals surface area contributed by atoms with Gasteiger partial charge in [-0.25, -0.2) is 13.4 Å². The molecule has 1 N–H and O–H groups in total. The quantitative estimate of drug-likeness (QED) is 0.599. The number of hydrogen-bond acceptors (Lipinski definition) is 9. The zero-order chi connectivity index (χ0) is 23.0. The third-order valence-corrected chi connectivity index (χ3v) is 7.07. The lowest BCUT2D eigenvalue weighted by molar-refractivity contribution is -0.0298. The zero-order valence-corrected chi connectivity index (χ0v) is 19.6. The normalized spacial score (nSPS) is 21.9. The minimum absolute atomic E-state index is 0.0876. The first-order valence-electron chi connectivity index (χ1n) is 11.2. The zero-order valence-electron chi connectivity index (χ0n) is 18.8. The third kappa shape index (κ3) is 4.66. The molecule has 0 aliphatic carbocycles. The van der Waals surface area contributed by atoms with Crippen molar-refractivity contribution in [3.05, 3.63) is 30.6 Å². The molecule has 33 heavy (non-hydrogen) atoms. The van der Waals surface area contributed by atoms with Gasteiger partial charge >= 0.3 is 0 Å². The number of imidazole rings is 1. The molecule has 1 aromatic carbocycles. The van der Waals surface area contributed by atoms with Crippen LogP contribution in [0.3, 0.4) is 0 Å². The summed E-state index contributed by atoms with van der Waals surface area (Å²) in [4.78, 5) is 16.7. The van der Waals surface area contributed by atoms with Gasteiger partial charge in [0, 0.05) is 31.6 Å². The summed E-state index contributed by atoms with van der Waals surface area (Å²) < 4.78 is 37.3. The molecule has 10 nitrogen and oxygen atoms in total. The number of hydrogen-bond donors (Lipinski definition) is 1. The van der Waals surface area contributed by atoms with E-state index in [1.807, 2.05) is 11.5 Å². The molecule has 2 saturated heterocycles. The molecule has 1 unspecified atom stereocenters. The molecular weight excluding hydrogens is 444 g/mol. The number of ether oxygens (including phenoxy) is 2. The van der Waals surface area contributed by atoms with E-state index in [0.717, 1.165) is 25.9 Å². The summed E-state index contributed by atoms with van der Waals surface area (Å²) in [5.41, 5.74) is 2.06. The first kappa shape index (κ1) is 22.1. The van der Waals surface area contributed by atoms with E-state index >= 15 is 0 Å². The van der Waals surface area contributed by atoms with E-state index in [2.05, 4.69) is 15.2 Å². The fourth-order valence-corrected chi connectivity index (χ4v) is 4.84. The van der Waals surface area contributed by atoms with Crippen molar-refractivity contribution < 1.29 is 17.9 Å². The van der Waals surface area contributed by atoms with Crippen LogP contribution in [0.25, 0.3) is 11.2 Å². The third-order valence-electron chi connectivity index (χ3n) is 5.94. The molecule has 4 heterocycles. The maximum absolute atomic E-state index is 11.8. The molecule has 0 amide bonds. The molecule has 2 aromatic heterocycles. The molecule has 2 atom stereocenters. The highest BCUT2D eigenvalue weighted by atomic mass is 32.2. The van der Waals surface area contributed by atoms with Crippen LogP contribution in [0.2, 0.25) is 0 Å². The minimum Gasteiger partial charge on any atom is -0.375 e. The molecule has 176 valence electrons. The Morgan fingerprint density at radius 3 is 2.61 bits per heavy atom. The van der Waals surface area contributed by atoms with Gasteiger partial charge in [-0.05, 0) is 50.5 Å². The van der Waals surface area contributed by atoms with E-state index in [1.54, 1.807) is 30.6 Å². The first-order valence-corrected chi connectivity index (χ1v) is 13.1. The van der Waals surface area contributed by atoms with E-state index < -0.39 is 9.84 Å². The van der Waals surface area contributed by atoms with Crippen LogP contribution in [-0.4, -0.2) is 66.6 Å². The smallest absolute Gasteiger partial charge is 0.229 e. The second-order valence-electron chi connectivity index (χ2n) is 8.57. The van der Waals surface area contributed by atoms with Crippen LogP contribution in [0, 0.1) is 0 Å². The molecule has 11 heteroatoms. The van der Waals surface area contributed by atoms with Gasteiger partial charge in [-0.15, -0.1) is 0 Å². The molecule has 0 spiro atoms. The summed E-state index contributed by atoms with van der Waals surface area (Å²) in [6, 6.07) is 6.61. The Morgan fingerprint density at radius 1 is 1.09 bits per heavy atom. The predicted molar refractivity (Wildman–Crippen MR) is 125 cm³/mol. The average Bonchev–Trinajstić information content (AvgIpc) is 3.24. The summed E-state index contributed by atoms with van der Waals surface area (Å²) in [6.07, 6.45) is 6.01. The van der Waals surface area contributed by atoms with Crippen LogP contribution in [0.4, 0.5) is 17.5 Å². The van der Waals surface area contributed by atoms with Gasteiger partial charge in [-0.2, -0.15) is 9.97 Å². The number of sulfone groups is 1. The SMILES string of the molecule is C[C@@H]1CN(c2nc(Nc3ccc(S(C)(=O)=O)cc3)c3ncn(C4CCCCO4)c3n2)CCO1. The van der Waals surface area contributed by atoms with Crippen LogP contribution in [0.5, 0.6) is 0 Å². The average molecular weight is 473 g/mol. The van der Waals surface area contributed by atoms with Crippen molar-refractivity contribution in [2.45, 2.75) is 43.4 Å². The van der Waals surface area contributed by atoms with Crippen molar-refractivity contribution in [3.8, 4) is 0 Å². The van der Waals surface area contributed by atoms with Crippen molar-refractivity contribution in [1.29, 1.82) is 0 Å². The van der Waals surface area contributed by atoms with E-state index in [4.69, 9.17) is 19.4 Å². The van der Waals surface area contributed by atoms with Gasteiger partial charge < -0.3 is 19.7 Å². The van der Waals surface area contributed by atoms with Gasteiger partial charge in [-0.1, -0.05) is 0 Å². The highest BCUT2D eigenvalue weighted by Crippen LogP contribution is 2.31. The molecule has 0 radical (unpaired) electrons. The van der Waals surface area contributed by atoms with Crippen molar-refractivity contribution in [1.82, 2.24) is 19.5 Å². The largest absolute Gasteiger partial charge is 0.375 e. The second-order valence-corrected chi connectivity index (χ2v) is 10.6. The number of anilines is 3. The van der Waals surface area contributed by atoms with E-state index in [-0.39, 0.29) is 17.2 Å². The lowest BCUT2D eigenvalue weighted by atomic mass is 10.2. The second kappa shape index (κ2) is 8.88. The molecule has 2 aliphatic heterocycles. The highest BCUT2D eigenvalue weighted by molar-refractivity contribution is 7.90. The Hall–Kier alpha value is -2.76. The molecule has 3 aromatic rings. The first-order chi connectivity index (χ1) is 15.9. The number of nitrogens with zero attached hydrogens (tertiary/aromatic N) is 5. The van der Waals surface area contributed by atoms with E-state index in [9.17, 15) is 8.42 Å². The molecule has 0 saturated carbocycles. The maximum atomic E-state index is 11.8. The fraction of sp³-hybridized carbons (Fsp3) is 0.500. The van der Waals surface area contributed by atoms with E-state index in [0.29, 0.717) is 48.3 Å². The van der Waals surface area contributed by atoms with Gasteiger partial charge in [0.25, 0.3) is 0 Å². The van der Waals surface area contributed by atoms with Gasteiger partial charge in [0.05, 0.1) is 23.9 Å². The highest BCUT2D eigenvalue weighted by Gasteiger charge is 2.25. The Balaban J connectivity index is 1.55. The maximum Gasteiger partial charge on any atom is 0.229 e. The Kier molecular flexibility index (Phi) is 5.94. The Labute approximate surface area is 192 Å². The number of aromatic nitrogens is 4. The van der Waals surface area contributed by atoms with Crippen LogP contribution in [0.15, 0.2) is 35.5 Å². The number of nitrogens with one attached hydrogen (secondary N) is 1. The van der Waals surface area contributed by atoms with Crippen LogP contribution < -0.4 is 10.2 Å². The van der Waals surface area contributed by atoms with Crippen molar-refractivity contribution in [2.24, 2.45) is 0 Å². The summed E-state index contributed by atoms with van der Waals surface area (Å²) >= 11 is 0. The lowest BCUT2D eigenvalue weighted by Gasteiger charge is -2.31. The summed E-state index contributed by atoms with van der Waals surface area (Å²) in [6.45, 7) is 4.77. The fourth-order valence-electron chi connectivity index (χ4n) is 4.21. The van der Waals surface area contributed by atoms with Gasteiger partial charge in [0.1, 0.15) is 6.23 Å². The summed E-state index contributed by atoms with van der Waals surface area (Å²) in [7, 11) is -3.26. The predicted octanol–water partition coefficient (Wildman–Crippen LogP) is 2.90.